The van der Waals surface area contributed by atoms with Crippen molar-refractivity contribution in [3.05, 3.63) is 82.9 Å². The van der Waals surface area contributed by atoms with Crippen LogP contribution in [0.4, 0.5) is 0 Å². The number of aryl methyl sites for hydroxylation is 1. The fourth-order valence-corrected chi connectivity index (χ4v) is 4.20. The van der Waals surface area contributed by atoms with E-state index in [-0.39, 0.29) is 17.7 Å². The molecule has 1 aliphatic heterocycles. The highest BCUT2D eigenvalue weighted by Crippen LogP contribution is 2.34. The minimum atomic E-state index is -0.149. The van der Waals surface area contributed by atoms with Crippen LogP contribution in [-0.4, -0.2) is 50.9 Å². The molecule has 184 valence electrons. The molecule has 34 heavy (non-hydrogen) atoms. The third kappa shape index (κ3) is 6.94. The highest BCUT2D eigenvalue weighted by molar-refractivity contribution is 5.77. The SMILES string of the molecule is CC.CC.Cc1cccc(C2c3nc[nH]c3CCN2C(=O)CCN(C)Cc2cccc(O)c2)c1. The van der Waals surface area contributed by atoms with Crippen LogP contribution in [0.2, 0.25) is 0 Å². The number of phenols is 1. The van der Waals surface area contributed by atoms with Crippen molar-refractivity contribution in [1.29, 1.82) is 0 Å². The number of nitrogens with zero attached hydrogens (tertiary/aromatic N) is 3. The predicted octanol–water partition coefficient (Wildman–Crippen LogP) is 5.47. The van der Waals surface area contributed by atoms with E-state index in [0.717, 1.165) is 28.9 Å². The van der Waals surface area contributed by atoms with E-state index in [9.17, 15) is 9.90 Å². The second-order valence-corrected chi connectivity index (χ2v) is 8.08. The van der Waals surface area contributed by atoms with Gasteiger partial charge in [-0.15, -0.1) is 0 Å². The summed E-state index contributed by atoms with van der Waals surface area (Å²) in [5.74, 6) is 0.402. The molecule has 1 atom stereocenters. The van der Waals surface area contributed by atoms with Crippen molar-refractivity contribution in [1.82, 2.24) is 19.8 Å². The number of rotatable bonds is 6. The van der Waals surface area contributed by atoms with Crippen molar-refractivity contribution < 1.29 is 9.90 Å². The molecular formula is C28H40N4O2. The predicted molar refractivity (Wildman–Crippen MR) is 139 cm³/mol. The van der Waals surface area contributed by atoms with E-state index in [0.29, 0.717) is 26.1 Å². The minimum absolute atomic E-state index is 0.137. The van der Waals surface area contributed by atoms with E-state index in [4.69, 9.17) is 0 Å². The number of carbonyl (C=O) groups excluding carboxylic acids is 1. The Kier molecular flexibility index (Phi) is 10.8. The molecule has 6 heteroatoms. The Morgan fingerprint density at radius 3 is 2.59 bits per heavy atom. The lowest BCUT2D eigenvalue weighted by Gasteiger charge is -2.36. The molecule has 2 N–H and O–H groups in total. The Morgan fingerprint density at radius 1 is 1.15 bits per heavy atom. The van der Waals surface area contributed by atoms with Gasteiger partial charge >= 0.3 is 0 Å². The molecule has 1 unspecified atom stereocenters. The molecule has 1 aliphatic rings. The lowest BCUT2D eigenvalue weighted by Crippen LogP contribution is -2.41. The Bertz CT molecular complexity index is 1030. The van der Waals surface area contributed by atoms with E-state index in [2.05, 4.69) is 40.0 Å². The number of aromatic hydroxyl groups is 1. The fraction of sp³-hybridized carbons (Fsp3) is 0.429. The smallest absolute Gasteiger partial charge is 0.224 e. The van der Waals surface area contributed by atoms with Gasteiger partial charge in [0.15, 0.2) is 0 Å². The second-order valence-electron chi connectivity index (χ2n) is 8.08. The maximum absolute atomic E-state index is 13.2. The number of amides is 1. The summed E-state index contributed by atoms with van der Waals surface area (Å²) in [6, 6.07) is 15.4. The van der Waals surface area contributed by atoms with Gasteiger partial charge in [-0.3, -0.25) is 4.79 Å². The highest BCUT2D eigenvalue weighted by Gasteiger charge is 2.33. The van der Waals surface area contributed by atoms with Gasteiger partial charge in [-0.25, -0.2) is 4.98 Å². The van der Waals surface area contributed by atoms with E-state index < -0.39 is 0 Å². The Balaban J connectivity index is 0.000000970. The van der Waals surface area contributed by atoms with Gasteiger partial charge in [0.25, 0.3) is 0 Å². The maximum Gasteiger partial charge on any atom is 0.224 e. The molecular weight excluding hydrogens is 424 g/mol. The van der Waals surface area contributed by atoms with Crippen molar-refractivity contribution in [3.63, 3.8) is 0 Å². The molecule has 0 bridgehead atoms. The van der Waals surface area contributed by atoms with Crippen LogP contribution >= 0.6 is 0 Å². The summed E-state index contributed by atoms with van der Waals surface area (Å²) in [5, 5.41) is 9.65. The first-order valence-corrected chi connectivity index (χ1v) is 12.4. The number of fused-ring (bicyclic) bond motifs is 1. The zero-order chi connectivity index (χ0) is 25.1. The third-order valence-corrected chi connectivity index (χ3v) is 5.67. The van der Waals surface area contributed by atoms with Crippen molar-refractivity contribution in [2.75, 3.05) is 20.1 Å². The molecule has 6 nitrogen and oxygen atoms in total. The standard InChI is InChI=1S/C24H28N4O2.2C2H6/c1-17-5-3-7-19(13-17)24-23-21(25-16-26-23)9-12-28(24)22(30)10-11-27(2)15-18-6-4-8-20(29)14-18;2*1-2/h3-8,13-14,16,24,29H,9-12,15H2,1-2H3,(H,25,26);2*1-2H3. The zero-order valence-electron chi connectivity index (χ0n) is 21.5. The molecule has 3 aromatic rings. The van der Waals surface area contributed by atoms with Gasteiger partial charge in [0.1, 0.15) is 11.8 Å². The van der Waals surface area contributed by atoms with Crippen LogP contribution in [0, 0.1) is 6.92 Å². The fourth-order valence-electron chi connectivity index (χ4n) is 4.20. The number of aromatic amines is 1. The molecule has 1 amide bonds. The van der Waals surface area contributed by atoms with Crippen LogP contribution in [0.5, 0.6) is 5.75 Å². The highest BCUT2D eigenvalue weighted by atomic mass is 16.3. The molecule has 0 saturated heterocycles. The number of benzene rings is 2. The van der Waals surface area contributed by atoms with E-state index >= 15 is 0 Å². The molecule has 0 saturated carbocycles. The molecule has 0 fully saturated rings. The molecule has 0 spiro atoms. The van der Waals surface area contributed by atoms with Crippen LogP contribution in [0.3, 0.4) is 0 Å². The number of imidazole rings is 1. The monoisotopic (exact) mass is 464 g/mol. The maximum atomic E-state index is 13.2. The second kappa shape index (κ2) is 13.6. The van der Waals surface area contributed by atoms with Gasteiger partial charge in [-0.1, -0.05) is 69.7 Å². The number of hydrogen-bond acceptors (Lipinski definition) is 4. The molecule has 4 rings (SSSR count). The zero-order valence-corrected chi connectivity index (χ0v) is 21.5. The molecule has 2 heterocycles. The van der Waals surface area contributed by atoms with Gasteiger partial charge in [0.05, 0.1) is 12.0 Å². The van der Waals surface area contributed by atoms with Gasteiger partial charge in [-0.05, 0) is 37.2 Å². The Labute approximate surface area is 204 Å². The van der Waals surface area contributed by atoms with Crippen LogP contribution < -0.4 is 0 Å². The van der Waals surface area contributed by atoms with Crippen LogP contribution in [-0.2, 0) is 17.8 Å². The quantitative estimate of drug-likeness (QED) is 0.507. The largest absolute Gasteiger partial charge is 0.508 e. The molecule has 0 radical (unpaired) electrons. The van der Waals surface area contributed by atoms with Crippen molar-refractivity contribution in [2.45, 2.75) is 60.0 Å². The topological polar surface area (TPSA) is 72.5 Å². The van der Waals surface area contributed by atoms with Crippen LogP contribution in [0.15, 0.2) is 54.9 Å². The average Bonchev–Trinajstić information content (AvgIpc) is 3.33. The summed E-state index contributed by atoms with van der Waals surface area (Å²) in [4.78, 5) is 25.1. The number of H-pyrrole nitrogens is 1. The van der Waals surface area contributed by atoms with Crippen molar-refractivity contribution in [2.24, 2.45) is 0 Å². The minimum Gasteiger partial charge on any atom is -0.508 e. The Morgan fingerprint density at radius 2 is 1.88 bits per heavy atom. The van der Waals surface area contributed by atoms with E-state index in [1.54, 1.807) is 18.5 Å². The van der Waals surface area contributed by atoms with Crippen LogP contribution in [0.25, 0.3) is 0 Å². The molecule has 1 aromatic heterocycles. The summed E-state index contributed by atoms with van der Waals surface area (Å²) in [6.07, 6.45) is 2.96. The first kappa shape index (κ1) is 27.1. The number of phenolic OH excluding ortho intramolecular Hbond substituents is 1. The number of carbonyl (C=O) groups is 1. The van der Waals surface area contributed by atoms with Crippen molar-refractivity contribution in [3.8, 4) is 5.75 Å². The van der Waals surface area contributed by atoms with Gasteiger partial charge in [0, 0.05) is 38.2 Å². The first-order valence-electron chi connectivity index (χ1n) is 12.4. The van der Waals surface area contributed by atoms with E-state index in [1.165, 1.54) is 5.56 Å². The van der Waals surface area contributed by atoms with Crippen molar-refractivity contribution >= 4 is 5.91 Å². The summed E-state index contributed by atoms with van der Waals surface area (Å²) >= 11 is 0. The first-order chi connectivity index (χ1) is 16.5. The van der Waals surface area contributed by atoms with Crippen LogP contribution in [0.1, 0.15) is 68.2 Å². The number of aromatic nitrogens is 2. The van der Waals surface area contributed by atoms with Gasteiger partial charge < -0.3 is 19.9 Å². The lowest BCUT2D eigenvalue weighted by atomic mass is 9.94. The summed E-state index contributed by atoms with van der Waals surface area (Å²) in [7, 11) is 2.00. The number of hydrogen-bond donors (Lipinski definition) is 2. The molecule has 2 aromatic carbocycles. The summed E-state index contributed by atoms with van der Waals surface area (Å²) in [5.41, 5.74) is 5.37. The Hall–Kier alpha value is -3.12. The lowest BCUT2D eigenvalue weighted by molar-refractivity contribution is -0.133. The van der Waals surface area contributed by atoms with Gasteiger partial charge in [-0.2, -0.15) is 0 Å². The third-order valence-electron chi connectivity index (χ3n) is 5.67. The average molecular weight is 465 g/mol. The normalized spacial score (nSPS) is 14.4. The summed E-state index contributed by atoms with van der Waals surface area (Å²) in [6.45, 7) is 12.1. The molecule has 0 aliphatic carbocycles. The van der Waals surface area contributed by atoms with Gasteiger partial charge in [0.2, 0.25) is 5.91 Å². The number of nitrogens with one attached hydrogen (secondary N) is 1. The van der Waals surface area contributed by atoms with E-state index in [1.807, 2.05) is 57.8 Å². The summed E-state index contributed by atoms with van der Waals surface area (Å²) < 4.78 is 0.